The van der Waals surface area contributed by atoms with Gasteiger partial charge in [0, 0.05) is 37.6 Å². The molecule has 0 bridgehead atoms. The first-order valence-corrected chi connectivity index (χ1v) is 7.98. The van der Waals surface area contributed by atoms with Crippen molar-refractivity contribution in [3.63, 3.8) is 0 Å². The molecule has 2 fully saturated rings. The third-order valence-electron chi connectivity index (χ3n) is 4.57. The number of fused-ring (bicyclic) bond motifs is 1. The monoisotopic (exact) mass is 304 g/mol. The maximum absolute atomic E-state index is 12.2. The Hall–Kier alpha value is -1.53. The zero-order chi connectivity index (χ0) is 15.7. The quantitative estimate of drug-likeness (QED) is 0.903. The molecule has 2 saturated heterocycles. The summed E-state index contributed by atoms with van der Waals surface area (Å²) in [6.07, 6.45) is 4.41. The second-order valence-corrected chi connectivity index (χ2v) is 6.65. The van der Waals surface area contributed by atoms with Gasteiger partial charge >= 0.3 is 0 Å². The van der Waals surface area contributed by atoms with Crippen LogP contribution in [0.15, 0.2) is 12.4 Å². The normalized spacial score (nSPS) is 28.6. The largest absolute Gasteiger partial charge is 0.375 e. The molecule has 0 radical (unpaired) electrons. The number of carbonyl (C=O) groups is 1. The van der Waals surface area contributed by atoms with E-state index in [1.54, 1.807) is 12.4 Å². The van der Waals surface area contributed by atoms with E-state index in [1.165, 1.54) is 0 Å². The molecule has 0 spiro atoms. The fraction of sp³-hybridized carbons (Fsp3) is 0.688. The van der Waals surface area contributed by atoms with Gasteiger partial charge in [-0.3, -0.25) is 9.69 Å². The molecule has 3 atom stereocenters. The molecule has 3 heterocycles. The number of nitrogens with one attached hydrogen (secondary N) is 1. The topological polar surface area (TPSA) is 67.3 Å². The van der Waals surface area contributed by atoms with E-state index >= 15 is 0 Å². The minimum Gasteiger partial charge on any atom is -0.375 e. The third-order valence-corrected chi connectivity index (χ3v) is 4.57. The first-order chi connectivity index (χ1) is 10.5. The molecule has 0 aliphatic carbocycles. The standard InChI is InChI=1S/C16H24N4O2/c1-10(2)15-8-20-7-13(4-14(20)9-22-15)19-16(21)12-5-17-11(3)18-6-12/h5-6,10,13-15H,4,7-9H2,1-3H3,(H,19,21)/t13-,14+,15+/m1/s1. The van der Waals surface area contributed by atoms with Crippen molar-refractivity contribution in [1.82, 2.24) is 20.2 Å². The number of ether oxygens (including phenoxy) is 1. The van der Waals surface area contributed by atoms with E-state index in [4.69, 9.17) is 4.74 Å². The van der Waals surface area contributed by atoms with E-state index in [-0.39, 0.29) is 11.9 Å². The summed E-state index contributed by atoms with van der Waals surface area (Å²) in [5, 5.41) is 3.10. The Bertz CT molecular complexity index is 531. The van der Waals surface area contributed by atoms with Gasteiger partial charge in [-0.05, 0) is 19.3 Å². The molecule has 6 heteroatoms. The lowest BCUT2D eigenvalue weighted by Gasteiger charge is -2.36. The van der Waals surface area contributed by atoms with Gasteiger partial charge in [0.2, 0.25) is 0 Å². The van der Waals surface area contributed by atoms with Crippen LogP contribution in [0.4, 0.5) is 0 Å². The van der Waals surface area contributed by atoms with Gasteiger partial charge in [0.15, 0.2) is 0 Å². The first-order valence-electron chi connectivity index (χ1n) is 7.98. The van der Waals surface area contributed by atoms with Crippen molar-refractivity contribution >= 4 is 5.91 Å². The molecule has 2 aliphatic heterocycles. The van der Waals surface area contributed by atoms with Crippen LogP contribution in [0.1, 0.15) is 36.5 Å². The lowest BCUT2D eigenvalue weighted by atomic mass is 10.0. The molecule has 1 amide bonds. The predicted molar refractivity (Wildman–Crippen MR) is 82.6 cm³/mol. The summed E-state index contributed by atoms with van der Waals surface area (Å²) < 4.78 is 5.93. The molecule has 0 aromatic carbocycles. The van der Waals surface area contributed by atoms with E-state index in [0.717, 1.165) is 26.1 Å². The van der Waals surface area contributed by atoms with Crippen LogP contribution in [0.2, 0.25) is 0 Å². The molecule has 0 unspecified atom stereocenters. The number of morpholine rings is 1. The highest BCUT2D eigenvalue weighted by molar-refractivity contribution is 5.93. The summed E-state index contributed by atoms with van der Waals surface area (Å²) in [7, 11) is 0. The highest BCUT2D eigenvalue weighted by atomic mass is 16.5. The van der Waals surface area contributed by atoms with Gasteiger partial charge in [-0.2, -0.15) is 0 Å². The second kappa shape index (κ2) is 6.30. The number of aromatic nitrogens is 2. The van der Waals surface area contributed by atoms with Gasteiger partial charge in [0.25, 0.3) is 5.91 Å². The Morgan fingerprint density at radius 1 is 1.36 bits per heavy atom. The van der Waals surface area contributed by atoms with Crippen LogP contribution < -0.4 is 5.32 Å². The molecule has 6 nitrogen and oxygen atoms in total. The van der Waals surface area contributed by atoms with Crippen LogP contribution in [0.25, 0.3) is 0 Å². The highest BCUT2D eigenvalue weighted by Gasteiger charge is 2.38. The van der Waals surface area contributed by atoms with E-state index in [0.29, 0.717) is 29.5 Å². The molecule has 0 saturated carbocycles. The molecule has 120 valence electrons. The number of hydrogen-bond acceptors (Lipinski definition) is 5. The Labute approximate surface area is 131 Å². The van der Waals surface area contributed by atoms with Crippen molar-refractivity contribution < 1.29 is 9.53 Å². The van der Waals surface area contributed by atoms with Gasteiger partial charge in [0.1, 0.15) is 5.82 Å². The fourth-order valence-corrected chi connectivity index (χ4v) is 3.19. The van der Waals surface area contributed by atoms with E-state index in [1.807, 2.05) is 6.92 Å². The van der Waals surface area contributed by atoms with Gasteiger partial charge < -0.3 is 10.1 Å². The van der Waals surface area contributed by atoms with Crippen molar-refractivity contribution in [1.29, 1.82) is 0 Å². The maximum atomic E-state index is 12.2. The summed E-state index contributed by atoms with van der Waals surface area (Å²) in [6.45, 7) is 8.82. The number of carbonyl (C=O) groups excluding carboxylic acids is 1. The van der Waals surface area contributed by atoms with E-state index in [9.17, 15) is 4.79 Å². The Morgan fingerprint density at radius 3 is 2.77 bits per heavy atom. The zero-order valence-corrected chi connectivity index (χ0v) is 13.5. The van der Waals surface area contributed by atoms with E-state index in [2.05, 4.69) is 34.0 Å². The first kappa shape index (κ1) is 15.4. The Kier molecular flexibility index (Phi) is 4.40. The smallest absolute Gasteiger partial charge is 0.254 e. The third kappa shape index (κ3) is 3.28. The lowest BCUT2D eigenvalue weighted by Crippen LogP contribution is -2.48. The van der Waals surface area contributed by atoms with Gasteiger partial charge in [-0.25, -0.2) is 9.97 Å². The highest BCUT2D eigenvalue weighted by Crippen LogP contribution is 2.25. The minimum absolute atomic E-state index is 0.0915. The molecule has 3 rings (SSSR count). The molecule has 1 aromatic rings. The Balaban J connectivity index is 1.57. The van der Waals surface area contributed by atoms with Crippen molar-refractivity contribution in [3.8, 4) is 0 Å². The second-order valence-electron chi connectivity index (χ2n) is 6.65. The molecule has 22 heavy (non-hydrogen) atoms. The van der Waals surface area contributed by atoms with Crippen LogP contribution in [-0.4, -0.2) is 58.7 Å². The maximum Gasteiger partial charge on any atom is 0.254 e. The van der Waals surface area contributed by atoms with Crippen molar-refractivity contribution in [2.75, 3.05) is 19.7 Å². The van der Waals surface area contributed by atoms with Crippen LogP contribution in [0, 0.1) is 12.8 Å². The summed E-state index contributed by atoms with van der Waals surface area (Å²) in [6, 6.07) is 0.600. The SMILES string of the molecule is Cc1ncc(C(=O)N[C@@H]2C[C@H]3CO[C@H](C(C)C)CN3C2)cn1. The minimum atomic E-state index is -0.0915. The van der Waals surface area contributed by atoms with Crippen molar-refractivity contribution in [3.05, 3.63) is 23.8 Å². The number of aryl methyl sites for hydroxylation is 1. The van der Waals surface area contributed by atoms with Crippen LogP contribution in [0.3, 0.4) is 0 Å². The number of amides is 1. The van der Waals surface area contributed by atoms with Gasteiger partial charge in [0.05, 0.1) is 18.3 Å². The van der Waals surface area contributed by atoms with Crippen LogP contribution in [0.5, 0.6) is 0 Å². The Morgan fingerprint density at radius 2 is 2.09 bits per heavy atom. The molecule has 2 aliphatic rings. The summed E-state index contributed by atoms with van der Waals surface area (Å²) >= 11 is 0. The lowest BCUT2D eigenvalue weighted by molar-refractivity contribution is -0.0683. The number of rotatable bonds is 3. The average Bonchev–Trinajstić information content (AvgIpc) is 2.88. The summed E-state index contributed by atoms with van der Waals surface area (Å²) in [5.74, 6) is 1.11. The van der Waals surface area contributed by atoms with Crippen LogP contribution >= 0.6 is 0 Å². The van der Waals surface area contributed by atoms with Gasteiger partial charge in [-0.15, -0.1) is 0 Å². The molecular formula is C16H24N4O2. The average molecular weight is 304 g/mol. The molecule has 1 N–H and O–H groups in total. The molecule has 1 aromatic heterocycles. The van der Waals surface area contributed by atoms with Crippen molar-refractivity contribution in [2.24, 2.45) is 5.92 Å². The van der Waals surface area contributed by atoms with Gasteiger partial charge in [-0.1, -0.05) is 13.8 Å². The number of nitrogens with zero attached hydrogens (tertiary/aromatic N) is 3. The summed E-state index contributed by atoms with van der Waals surface area (Å²) in [5.41, 5.74) is 0.520. The zero-order valence-electron chi connectivity index (χ0n) is 13.5. The number of hydrogen-bond donors (Lipinski definition) is 1. The predicted octanol–water partition coefficient (Wildman–Crippen LogP) is 1.01. The fourth-order valence-electron chi connectivity index (χ4n) is 3.19. The van der Waals surface area contributed by atoms with E-state index < -0.39 is 0 Å². The molecular weight excluding hydrogens is 280 g/mol. The van der Waals surface area contributed by atoms with Crippen LogP contribution in [-0.2, 0) is 4.74 Å². The summed E-state index contributed by atoms with van der Waals surface area (Å²) in [4.78, 5) is 22.8. The van der Waals surface area contributed by atoms with Crippen molar-refractivity contribution in [2.45, 2.75) is 45.4 Å².